The van der Waals surface area contributed by atoms with Crippen molar-refractivity contribution < 1.29 is 4.74 Å². The molecular formula is C13H13BrN2O. The highest BCUT2D eigenvalue weighted by atomic mass is 79.9. The summed E-state index contributed by atoms with van der Waals surface area (Å²) in [5, 5.41) is 0. The fourth-order valence-corrected chi connectivity index (χ4v) is 2.65. The maximum atomic E-state index is 5.68. The first-order chi connectivity index (χ1) is 8.33. The van der Waals surface area contributed by atoms with Crippen LogP contribution < -0.4 is 10.2 Å². The summed E-state index contributed by atoms with van der Waals surface area (Å²) in [6, 6.07) is 8.24. The van der Waals surface area contributed by atoms with Crippen molar-refractivity contribution in [3.05, 3.63) is 52.3 Å². The van der Waals surface area contributed by atoms with E-state index >= 15 is 0 Å². The zero-order chi connectivity index (χ0) is 11.7. The predicted octanol–water partition coefficient (Wildman–Crippen LogP) is 2.93. The van der Waals surface area contributed by atoms with E-state index in [1.165, 1.54) is 11.1 Å². The maximum Gasteiger partial charge on any atom is 0.127 e. The summed E-state index contributed by atoms with van der Waals surface area (Å²) in [6.45, 7) is 1.55. The van der Waals surface area contributed by atoms with Gasteiger partial charge < -0.3 is 10.2 Å². The molecule has 0 unspecified atom stereocenters. The first kappa shape index (κ1) is 10.7. The Kier molecular flexibility index (Phi) is 2.81. The molecule has 1 aromatic heterocycles. The van der Waals surface area contributed by atoms with Crippen molar-refractivity contribution in [2.75, 3.05) is 12.0 Å². The summed E-state index contributed by atoms with van der Waals surface area (Å²) in [7, 11) is 0. The normalized spacial score (nSPS) is 13.2. The van der Waals surface area contributed by atoms with Crippen LogP contribution in [0, 0.1) is 0 Å². The van der Waals surface area contributed by atoms with Gasteiger partial charge in [0.2, 0.25) is 0 Å². The number of ether oxygens (including phenoxy) is 1. The lowest BCUT2D eigenvalue weighted by Crippen LogP contribution is -2.12. The lowest BCUT2D eigenvalue weighted by atomic mass is 10.1. The molecule has 1 aromatic carbocycles. The van der Waals surface area contributed by atoms with E-state index in [4.69, 9.17) is 4.74 Å². The van der Waals surface area contributed by atoms with Crippen LogP contribution in [0.5, 0.6) is 5.75 Å². The van der Waals surface area contributed by atoms with Crippen LogP contribution in [0.1, 0.15) is 11.1 Å². The SMILES string of the molecule is Brc1cc2c(c(CNn3cccc3)c1)OCC2. The molecule has 3 rings (SSSR count). The molecule has 0 atom stereocenters. The van der Waals surface area contributed by atoms with Gasteiger partial charge in [-0.3, -0.25) is 4.68 Å². The molecule has 2 heterocycles. The van der Waals surface area contributed by atoms with Gasteiger partial charge in [0.1, 0.15) is 5.75 Å². The molecule has 1 aliphatic heterocycles. The summed E-state index contributed by atoms with van der Waals surface area (Å²) >= 11 is 3.54. The van der Waals surface area contributed by atoms with E-state index in [0.717, 1.165) is 29.8 Å². The molecule has 0 saturated heterocycles. The molecule has 0 bridgehead atoms. The van der Waals surface area contributed by atoms with Crippen LogP contribution in [-0.4, -0.2) is 11.3 Å². The maximum absolute atomic E-state index is 5.68. The molecule has 0 radical (unpaired) electrons. The average Bonchev–Trinajstić information content (AvgIpc) is 2.95. The smallest absolute Gasteiger partial charge is 0.127 e. The van der Waals surface area contributed by atoms with Crippen molar-refractivity contribution in [1.29, 1.82) is 0 Å². The Hall–Kier alpha value is -1.42. The lowest BCUT2D eigenvalue weighted by molar-refractivity contribution is 0.353. The average molecular weight is 293 g/mol. The van der Waals surface area contributed by atoms with Gasteiger partial charge in [0, 0.05) is 28.9 Å². The van der Waals surface area contributed by atoms with Gasteiger partial charge in [-0.2, -0.15) is 0 Å². The molecule has 1 N–H and O–H groups in total. The Labute approximate surface area is 108 Å². The Bertz CT molecular complexity index is 522. The summed E-state index contributed by atoms with van der Waals surface area (Å²) in [5.41, 5.74) is 5.80. The number of halogens is 1. The van der Waals surface area contributed by atoms with Crippen LogP contribution in [0.3, 0.4) is 0 Å². The van der Waals surface area contributed by atoms with Crippen LogP contribution in [0.25, 0.3) is 0 Å². The molecule has 3 nitrogen and oxygen atoms in total. The molecular weight excluding hydrogens is 280 g/mol. The van der Waals surface area contributed by atoms with Gasteiger partial charge in [0.05, 0.1) is 13.2 Å². The number of nitrogens with one attached hydrogen (secondary N) is 1. The predicted molar refractivity (Wildman–Crippen MR) is 70.8 cm³/mol. The van der Waals surface area contributed by atoms with Gasteiger partial charge in [-0.05, 0) is 29.8 Å². The van der Waals surface area contributed by atoms with Crippen molar-refractivity contribution in [3.63, 3.8) is 0 Å². The van der Waals surface area contributed by atoms with E-state index in [2.05, 4.69) is 33.5 Å². The molecule has 0 amide bonds. The van der Waals surface area contributed by atoms with Crippen LogP contribution in [0.4, 0.5) is 0 Å². The first-order valence-corrected chi connectivity index (χ1v) is 6.43. The molecule has 0 fully saturated rings. The van der Waals surface area contributed by atoms with Crippen molar-refractivity contribution in [2.45, 2.75) is 13.0 Å². The molecule has 1 aliphatic rings. The van der Waals surface area contributed by atoms with Crippen LogP contribution in [0.15, 0.2) is 41.1 Å². The Balaban J connectivity index is 1.83. The van der Waals surface area contributed by atoms with Crippen molar-refractivity contribution in [1.82, 2.24) is 4.68 Å². The van der Waals surface area contributed by atoms with E-state index in [-0.39, 0.29) is 0 Å². The van der Waals surface area contributed by atoms with Crippen molar-refractivity contribution >= 4 is 15.9 Å². The fraction of sp³-hybridized carbons (Fsp3) is 0.231. The fourth-order valence-electron chi connectivity index (χ4n) is 2.09. The van der Waals surface area contributed by atoms with Crippen molar-refractivity contribution in [3.8, 4) is 5.75 Å². The van der Waals surface area contributed by atoms with E-state index in [1.54, 1.807) is 0 Å². The second kappa shape index (κ2) is 4.45. The number of nitrogens with zero attached hydrogens (tertiary/aromatic N) is 1. The standard InChI is InChI=1S/C13H13BrN2O/c14-12-7-10-3-6-17-13(10)11(8-12)9-15-16-4-1-2-5-16/h1-2,4-5,7-8,15H,3,6,9H2. The molecule has 17 heavy (non-hydrogen) atoms. The number of rotatable bonds is 3. The summed E-state index contributed by atoms with van der Waals surface area (Å²) in [5.74, 6) is 1.05. The molecule has 4 heteroatoms. The highest BCUT2D eigenvalue weighted by Gasteiger charge is 2.17. The lowest BCUT2D eigenvalue weighted by Gasteiger charge is -2.11. The molecule has 0 aliphatic carbocycles. The summed E-state index contributed by atoms with van der Waals surface area (Å²) < 4.78 is 8.75. The molecule has 88 valence electrons. The van der Waals surface area contributed by atoms with Gasteiger partial charge in [0.25, 0.3) is 0 Å². The topological polar surface area (TPSA) is 26.2 Å². The largest absolute Gasteiger partial charge is 0.493 e. The Morgan fingerprint density at radius 1 is 1.29 bits per heavy atom. The van der Waals surface area contributed by atoms with Gasteiger partial charge in [-0.1, -0.05) is 15.9 Å². The number of hydrogen-bond donors (Lipinski definition) is 1. The number of fused-ring (bicyclic) bond motifs is 1. The van der Waals surface area contributed by atoms with E-state index in [9.17, 15) is 0 Å². The monoisotopic (exact) mass is 292 g/mol. The summed E-state index contributed by atoms with van der Waals surface area (Å²) in [4.78, 5) is 0. The third-order valence-corrected chi connectivity index (χ3v) is 3.34. The van der Waals surface area contributed by atoms with Crippen LogP contribution >= 0.6 is 15.9 Å². The van der Waals surface area contributed by atoms with E-state index in [1.807, 2.05) is 29.2 Å². The minimum absolute atomic E-state index is 0.760. The highest BCUT2D eigenvalue weighted by Crippen LogP contribution is 2.32. The number of benzene rings is 1. The quantitative estimate of drug-likeness (QED) is 0.941. The Morgan fingerprint density at radius 2 is 2.12 bits per heavy atom. The molecule has 2 aromatic rings. The second-order valence-corrected chi connectivity index (χ2v) is 4.99. The minimum Gasteiger partial charge on any atom is -0.493 e. The number of aromatic nitrogens is 1. The van der Waals surface area contributed by atoms with Gasteiger partial charge in [-0.15, -0.1) is 0 Å². The first-order valence-electron chi connectivity index (χ1n) is 5.64. The number of hydrogen-bond acceptors (Lipinski definition) is 2. The van der Waals surface area contributed by atoms with E-state index < -0.39 is 0 Å². The minimum atomic E-state index is 0.760. The van der Waals surface area contributed by atoms with Gasteiger partial charge >= 0.3 is 0 Å². The van der Waals surface area contributed by atoms with Crippen molar-refractivity contribution in [2.24, 2.45) is 0 Å². The second-order valence-electron chi connectivity index (χ2n) is 4.08. The third kappa shape index (κ3) is 2.17. The third-order valence-electron chi connectivity index (χ3n) is 2.88. The van der Waals surface area contributed by atoms with Crippen LogP contribution in [0.2, 0.25) is 0 Å². The van der Waals surface area contributed by atoms with E-state index in [0.29, 0.717) is 0 Å². The Morgan fingerprint density at radius 3 is 2.94 bits per heavy atom. The zero-order valence-electron chi connectivity index (χ0n) is 9.32. The van der Waals surface area contributed by atoms with Crippen LogP contribution in [-0.2, 0) is 13.0 Å². The summed E-state index contributed by atoms with van der Waals surface area (Å²) in [6.07, 6.45) is 4.98. The highest BCUT2D eigenvalue weighted by molar-refractivity contribution is 9.10. The molecule has 0 spiro atoms. The van der Waals surface area contributed by atoms with Gasteiger partial charge in [-0.25, -0.2) is 0 Å². The molecule has 0 saturated carbocycles. The van der Waals surface area contributed by atoms with Gasteiger partial charge in [0.15, 0.2) is 0 Å². The zero-order valence-corrected chi connectivity index (χ0v) is 10.9.